The van der Waals surface area contributed by atoms with E-state index in [9.17, 15) is 4.79 Å². The molecule has 0 aliphatic heterocycles. The molecule has 0 spiro atoms. The molecule has 2 aromatic carbocycles. The SMILES string of the molecule is Cc1ccc(OCCCn2c(CNC(=O)c3ccco3)nc3ccccc32)cc1C. The highest BCUT2D eigenvalue weighted by Gasteiger charge is 2.13. The fraction of sp³-hybridized carbons (Fsp3) is 0.250. The van der Waals surface area contributed by atoms with Gasteiger partial charge in [-0.15, -0.1) is 0 Å². The van der Waals surface area contributed by atoms with E-state index in [0.29, 0.717) is 18.9 Å². The number of carbonyl (C=O) groups is 1. The summed E-state index contributed by atoms with van der Waals surface area (Å²) < 4.78 is 13.2. The first-order valence-corrected chi connectivity index (χ1v) is 10.1. The van der Waals surface area contributed by atoms with Crippen molar-refractivity contribution in [3.63, 3.8) is 0 Å². The quantitative estimate of drug-likeness (QED) is 0.435. The molecule has 154 valence electrons. The largest absolute Gasteiger partial charge is 0.494 e. The topological polar surface area (TPSA) is 69.3 Å². The maximum absolute atomic E-state index is 12.2. The van der Waals surface area contributed by atoms with E-state index in [1.807, 2.05) is 30.3 Å². The Morgan fingerprint density at radius 2 is 1.97 bits per heavy atom. The molecule has 0 aliphatic rings. The summed E-state index contributed by atoms with van der Waals surface area (Å²) in [7, 11) is 0. The molecule has 0 atom stereocenters. The minimum absolute atomic E-state index is 0.253. The Morgan fingerprint density at radius 1 is 1.10 bits per heavy atom. The maximum Gasteiger partial charge on any atom is 0.287 e. The zero-order chi connectivity index (χ0) is 20.9. The Bertz CT molecular complexity index is 1150. The van der Waals surface area contributed by atoms with Gasteiger partial charge in [-0.1, -0.05) is 18.2 Å². The van der Waals surface area contributed by atoms with Gasteiger partial charge < -0.3 is 19.0 Å². The van der Waals surface area contributed by atoms with Crippen LogP contribution in [-0.2, 0) is 13.1 Å². The number of hydrogen-bond acceptors (Lipinski definition) is 4. The molecule has 1 N–H and O–H groups in total. The Morgan fingerprint density at radius 3 is 2.77 bits per heavy atom. The maximum atomic E-state index is 12.2. The predicted octanol–water partition coefficient (Wildman–Crippen LogP) is 4.65. The van der Waals surface area contributed by atoms with Crippen LogP contribution in [0.1, 0.15) is 33.9 Å². The van der Waals surface area contributed by atoms with Crippen molar-refractivity contribution in [3.05, 3.63) is 83.6 Å². The molecular weight excluding hydrogens is 378 g/mol. The fourth-order valence-electron chi connectivity index (χ4n) is 3.38. The second-order valence-corrected chi connectivity index (χ2v) is 7.28. The molecule has 6 heteroatoms. The van der Waals surface area contributed by atoms with Crippen LogP contribution in [0.15, 0.2) is 65.3 Å². The Kier molecular flexibility index (Phi) is 5.84. The molecule has 0 fully saturated rings. The number of carbonyl (C=O) groups excluding carboxylic acids is 1. The summed E-state index contributed by atoms with van der Waals surface area (Å²) in [6, 6.07) is 17.5. The van der Waals surface area contributed by atoms with Gasteiger partial charge in [0.1, 0.15) is 11.6 Å². The third-order valence-corrected chi connectivity index (χ3v) is 5.16. The highest BCUT2D eigenvalue weighted by Crippen LogP contribution is 2.19. The van der Waals surface area contributed by atoms with E-state index in [1.54, 1.807) is 12.1 Å². The first-order valence-electron chi connectivity index (χ1n) is 10.1. The zero-order valence-corrected chi connectivity index (χ0v) is 17.2. The van der Waals surface area contributed by atoms with Crippen LogP contribution in [0.2, 0.25) is 0 Å². The van der Waals surface area contributed by atoms with E-state index in [1.165, 1.54) is 17.4 Å². The molecule has 0 saturated heterocycles. The number of ether oxygens (including phenoxy) is 1. The average Bonchev–Trinajstić information content (AvgIpc) is 3.40. The number of nitrogens with zero attached hydrogens (tertiary/aromatic N) is 2. The van der Waals surface area contributed by atoms with Crippen LogP contribution in [0.3, 0.4) is 0 Å². The van der Waals surface area contributed by atoms with E-state index < -0.39 is 0 Å². The van der Waals surface area contributed by atoms with Crippen molar-refractivity contribution in [2.45, 2.75) is 33.4 Å². The molecule has 30 heavy (non-hydrogen) atoms. The second kappa shape index (κ2) is 8.86. The smallest absolute Gasteiger partial charge is 0.287 e. The van der Waals surface area contributed by atoms with Crippen LogP contribution in [0.5, 0.6) is 5.75 Å². The van der Waals surface area contributed by atoms with Gasteiger partial charge in [0.15, 0.2) is 5.76 Å². The Balaban J connectivity index is 1.42. The second-order valence-electron chi connectivity index (χ2n) is 7.28. The molecular formula is C24H25N3O3. The van der Waals surface area contributed by atoms with E-state index in [0.717, 1.165) is 35.6 Å². The lowest BCUT2D eigenvalue weighted by atomic mass is 10.1. The van der Waals surface area contributed by atoms with Gasteiger partial charge >= 0.3 is 0 Å². The minimum Gasteiger partial charge on any atom is -0.494 e. The summed E-state index contributed by atoms with van der Waals surface area (Å²) in [4.78, 5) is 16.9. The van der Waals surface area contributed by atoms with Crippen molar-refractivity contribution in [2.75, 3.05) is 6.61 Å². The summed E-state index contributed by atoms with van der Waals surface area (Å²) in [6.07, 6.45) is 2.31. The van der Waals surface area contributed by atoms with Crippen molar-refractivity contribution in [1.29, 1.82) is 0 Å². The van der Waals surface area contributed by atoms with Gasteiger partial charge in [-0.3, -0.25) is 4.79 Å². The van der Waals surface area contributed by atoms with Crippen LogP contribution in [-0.4, -0.2) is 22.1 Å². The van der Waals surface area contributed by atoms with Crippen LogP contribution in [0.25, 0.3) is 11.0 Å². The average molecular weight is 403 g/mol. The van der Waals surface area contributed by atoms with E-state index in [4.69, 9.17) is 14.1 Å². The molecule has 6 nitrogen and oxygen atoms in total. The summed E-state index contributed by atoms with van der Waals surface area (Å²) in [5.41, 5.74) is 4.44. The molecule has 0 unspecified atom stereocenters. The summed E-state index contributed by atoms with van der Waals surface area (Å²) in [5.74, 6) is 1.73. The molecule has 0 radical (unpaired) electrons. The molecule has 0 bridgehead atoms. The predicted molar refractivity (Wildman–Crippen MR) is 116 cm³/mol. The number of benzene rings is 2. The van der Waals surface area contributed by atoms with Gasteiger partial charge in [-0.25, -0.2) is 4.98 Å². The highest BCUT2D eigenvalue weighted by molar-refractivity contribution is 5.91. The van der Waals surface area contributed by atoms with Gasteiger partial charge in [0, 0.05) is 6.54 Å². The lowest BCUT2D eigenvalue weighted by molar-refractivity contribution is 0.0921. The molecule has 4 rings (SSSR count). The molecule has 2 aromatic heterocycles. The first-order chi connectivity index (χ1) is 14.6. The summed E-state index contributed by atoms with van der Waals surface area (Å²) in [6.45, 7) is 5.86. The minimum atomic E-state index is -0.253. The lowest BCUT2D eigenvalue weighted by Crippen LogP contribution is -2.24. The molecule has 4 aromatic rings. The van der Waals surface area contributed by atoms with Gasteiger partial charge in [-0.2, -0.15) is 0 Å². The standard InChI is InChI=1S/C24H25N3O3/c1-17-10-11-19(15-18(17)2)29-14-6-12-27-21-8-4-3-7-20(21)26-23(27)16-25-24(28)22-9-5-13-30-22/h3-5,7-11,13,15H,6,12,14,16H2,1-2H3,(H,25,28). The molecule has 2 heterocycles. The van der Waals surface area contributed by atoms with Gasteiger partial charge in [0.2, 0.25) is 0 Å². The normalized spacial score (nSPS) is 11.0. The van der Waals surface area contributed by atoms with Crippen LogP contribution < -0.4 is 10.1 Å². The summed E-state index contributed by atoms with van der Waals surface area (Å²) >= 11 is 0. The van der Waals surface area contributed by atoms with Crippen molar-refractivity contribution < 1.29 is 13.9 Å². The number of amides is 1. The van der Waals surface area contributed by atoms with Crippen molar-refractivity contribution in [3.8, 4) is 5.75 Å². The lowest BCUT2D eigenvalue weighted by Gasteiger charge is -2.11. The fourth-order valence-corrected chi connectivity index (χ4v) is 3.38. The van der Waals surface area contributed by atoms with Gasteiger partial charge in [0.25, 0.3) is 5.91 Å². The van der Waals surface area contributed by atoms with Crippen molar-refractivity contribution >= 4 is 16.9 Å². The van der Waals surface area contributed by atoms with Crippen molar-refractivity contribution in [1.82, 2.24) is 14.9 Å². The molecule has 0 saturated carbocycles. The number of para-hydroxylation sites is 2. The molecule has 0 aliphatic carbocycles. The number of rotatable bonds is 8. The number of furan rings is 1. The number of fused-ring (bicyclic) bond motifs is 1. The number of aryl methyl sites for hydroxylation is 3. The van der Waals surface area contributed by atoms with E-state index >= 15 is 0 Å². The number of hydrogen-bond donors (Lipinski definition) is 1. The number of nitrogens with one attached hydrogen (secondary N) is 1. The van der Waals surface area contributed by atoms with Gasteiger partial charge in [-0.05, 0) is 67.8 Å². The number of aromatic nitrogens is 2. The third-order valence-electron chi connectivity index (χ3n) is 5.16. The Hall–Kier alpha value is -3.54. The highest BCUT2D eigenvalue weighted by atomic mass is 16.5. The monoisotopic (exact) mass is 403 g/mol. The van der Waals surface area contributed by atoms with E-state index in [-0.39, 0.29) is 5.91 Å². The molecule has 1 amide bonds. The van der Waals surface area contributed by atoms with Crippen LogP contribution >= 0.6 is 0 Å². The summed E-state index contributed by atoms with van der Waals surface area (Å²) in [5, 5.41) is 2.88. The van der Waals surface area contributed by atoms with E-state index in [2.05, 4.69) is 35.9 Å². The van der Waals surface area contributed by atoms with Crippen LogP contribution in [0, 0.1) is 13.8 Å². The first kappa shape index (κ1) is 19.8. The van der Waals surface area contributed by atoms with Crippen molar-refractivity contribution in [2.24, 2.45) is 0 Å². The third kappa shape index (κ3) is 4.38. The van der Waals surface area contributed by atoms with Crippen LogP contribution in [0.4, 0.5) is 0 Å². The Labute approximate surface area is 175 Å². The van der Waals surface area contributed by atoms with Gasteiger partial charge in [0.05, 0.1) is 30.4 Å². The number of imidazole rings is 1. The zero-order valence-electron chi connectivity index (χ0n) is 17.2.